The van der Waals surface area contributed by atoms with Crippen molar-refractivity contribution in [3.63, 3.8) is 0 Å². The van der Waals surface area contributed by atoms with E-state index >= 15 is 0 Å². The largest absolute Gasteiger partial charge is 0.354 e. The highest BCUT2D eigenvalue weighted by Gasteiger charge is 2.26. The molecular formula is C14H22N4O2S. The molecule has 0 amide bonds. The molecule has 2 aliphatic rings. The predicted molar refractivity (Wildman–Crippen MR) is 82.8 cm³/mol. The van der Waals surface area contributed by atoms with Gasteiger partial charge < -0.3 is 10.6 Å². The summed E-state index contributed by atoms with van der Waals surface area (Å²) in [6.45, 7) is 2.85. The highest BCUT2D eigenvalue weighted by molar-refractivity contribution is 7.88. The van der Waals surface area contributed by atoms with Gasteiger partial charge in [0.05, 0.1) is 6.26 Å². The van der Waals surface area contributed by atoms with Gasteiger partial charge in [0.1, 0.15) is 5.82 Å². The van der Waals surface area contributed by atoms with Gasteiger partial charge in [-0.2, -0.15) is 4.31 Å². The van der Waals surface area contributed by atoms with Gasteiger partial charge in [-0.05, 0) is 30.9 Å². The van der Waals surface area contributed by atoms with Crippen LogP contribution in [0.15, 0.2) is 6.07 Å². The summed E-state index contributed by atoms with van der Waals surface area (Å²) in [5.41, 5.74) is 9.46. The molecule has 0 radical (unpaired) electrons. The summed E-state index contributed by atoms with van der Waals surface area (Å²) in [6.07, 6.45) is 4.56. The second kappa shape index (κ2) is 5.55. The van der Waals surface area contributed by atoms with Gasteiger partial charge in [-0.3, -0.25) is 0 Å². The normalized spacial score (nSPS) is 19.8. The number of nitrogens with two attached hydrogens (primary N) is 1. The van der Waals surface area contributed by atoms with Gasteiger partial charge in [-0.25, -0.2) is 13.4 Å². The van der Waals surface area contributed by atoms with E-state index in [1.54, 1.807) is 0 Å². The topological polar surface area (TPSA) is 79.5 Å². The van der Waals surface area contributed by atoms with Gasteiger partial charge >= 0.3 is 0 Å². The average Bonchev–Trinajstić information content (AvgIpc) is 2.92. The monoisotopic (exact) mass is 310 g/mol. The third-order valence-corrected chi connectivity index (χ3v) is 5.64. The molecule has 1 aromatic heterocycles. The number of piperazine rings is 1. The SMILES string of the molecule is CS(=O)(=O)N1CCN(c2nc3c(cc2CN)CCC3)CC1. The number of nitrogens with zero attached hydrogens (tertiary/aromatic N) is 3. The van der Waals surface area contributed by atoms with Crippen LogP contribution >= 0.6 is 0 Å². The third kappa shape index (κ3) is 2.90. The minimum absolute atomic E-state index is 0.474. The molecule has 1 aliphatic heterocycles. The van der Waals surface area contributed by atoms with E-state index in [9.17, 15) is 8.42 Å². The molecule has 1 saturated heterocycles. The van der Waals surface area contributed by atoms with Crippen molar-refractivity contribution < 1.29 is 8.42 Å². The van der Waals surface area contributed by atoms with Crippen LogP contribution in [0.2, 0.25) is 0 Å². The Morgan fingerprint density at radius 1 is 1.24 bits per heavy atom. The van der Waals surface area contributed by atoms with E-state index < -0.39 is 10.0 Å². The van der Waals surface area contributed by atoms with Crippen molar-refractivity contribution in [3.05, 3.63) is 22.9 Å². The Balaban J connectivity index is 1.82. The van der Waals surface area contributed by atoms with E-state index in [2.05, 4.69) is 11.0 Å². The fraction of sp³-hybridized carbons (Fsp3) is 0.643. The fourth-order valence-electron chi connectivity index (χ4n) is 3.16. The first-order chi connectivity index (χ1) is 9.99. The maximum atomic E-state index is 11.6. The maximum Gasteiger partial charge on any atom is 0.211 e. The smallest absolute Gasteiger partial charge is 0.211 e. The first-order valence-electron chi connectivity index (χ1n) is 7.41. The number of rotatable bonds is 3. The van der Waals surface area contributed by atoms with E-state index in [0.29, 0.717) is 32.7 Å². The zero-order chi connectivity index (χ0) is 15.0. The molecule has 1 fully saturated rings. The Morgan fingerprint density at radius 3 is 2.57 bits per heavy atom. The summed E-state index contributed by atoms with van der Waals surface area (Å²) < 4.78 is 24.7. The molecule has 116 valence electrons. The van der Waals surface area contributed by atoms with Gasteiger partial charge in [0.15, 0.2) is 0 Å². The van der Waals surface area contributed by atoms with E-state index in [1.165, 1.54) is 21.8 Å². The number of aromatic nitrogens is 1. The van der Waals surface area contributed by atoms with Crippen molar-refractivity contribution >= 4 is 15.8 Å². The van der Waals surface area contributed by atoms with Crippen LogP contribution < -0.4 is 10.6 Å². The summed E-state index contributed by atoms with van der Waals surface area (Å²) in [5.74, 6) is 0.950. The molecule has 3 rings (SSSR count). The van der Waals surface area contributed by atoms with Crippen LogP contribution in [0, 0.1) is 0 Å². The van der Waals surface area contributed by atoms with Crippen LogP contribution in [0.4, 0.5) is 5.82 Å². The van der Waals surface area contributed by atoms with Crippen molar-refractivity contribution in [2.75, 3.05) is 37.3 Å². The zero-order valence-electron chi connectivity index (χ0n) is 12.4. The maximum absolute atomic E-state index is 11.6. The number of hydrogen-bond acceptors (Lipinski definition) is 5. The van der Waals surface area contributed by atoms with Crippen LogP contribution in [-0.2, 0) is 29.4 Å². The number of fused-ring (bicyclic) bond motifs is 1. The van der Waals surface area contributed by atoms with E-state index in [0.717, 1.165) is 30.6 Å². The van der Waals surface area contributed by atoms with Gasteiger partial charge in [0, 0.05) is 44.0 Å². The number of sulfonamides is 1. The molecule has 0 aromatic carbocycles. The molecule has 7 heteroatoms. The van der Waals surface area contributed by atoms with E-state index in [1.807, 2.05) is 0 Å². The van der Waals surface area contributed by atoms with E-state index in [4.69, 9.17) is 10.7 Å². The Bertz CT molecular complexity index is 637. The Hall–Kier alpha value is -1.18. The lowest BCUT2D eigenvalue weighted by Crippen LogP contribution is -2.49. The van der Waals surface area contributed by atoms with E-state index in [-0.39, 0.29) is 0 Å². The standard InChI is InChI=1S/C14H22N4O2S/c1-21(19,20)18-7-5-17(6-8-18)14-12(10-15)9-11-3-2-4-13(11)16-14/h9H,2-8,10,15H2,1H3. The van der Waals surface area contributed by atoms with Gasteiger partial charge in [-0.1, -0.05) is 0 Å². The summed E-state index contributed by atoms with van der Waals surface area (Å²) >= 11 is 0. The number of aryl methyl sites for hydroxylation is 2. The molecule has 0 unspecified atom stereocenters. The molecular weight excluding hydrogens is 288 g/mol. The van der Waals surface area contributed by atoms with Crippen LogP contribution in [0.1, 0.15) is 23.2 Å². The Kier molecular flexibility index (Phi) is 3.90. The van der Waals surface area contributed by atoms with Crippen molar-refractivity contribution in [2.45, 2.75) is 25.8 Å². The molecule has 6 nitrogen and oxygen atoms in total. The summed E-state index contributed by atoms with van der Waals surface area (Å²) in [4.78, 5) is 6.98. The fourth-order valence-corrected chi connectivity index (χ4v) is 3.99. The lowest BCUT2D eigenvalue weighted by Gasteiger charge is -2.35. The van der Waals surface area contributed by atoms with Crippen molar-refractivity contribution in [2.24, 2.45) is 5.73 Å². The van der Waals surface area contributed by atoms with Gasteiger partial charge in [-0.15, -0.1) is 0 Å². The number of pyridine rings is 1. The van der Waals surface area contributed by atoms with Crippen molar-refractivity contribution in [1.29, 1.82) is 0 Å². The minimum Gasteiger partial charge on any atom is -0.354 e. The Labute approximate surface area is 126 Å². The predicted octanol–water partition coefficient (Wildman–Crippen LogP) is 0.111. The second-order valence-electron chi connectivity index (χ2n) is 5.78. The zero-order valence-corrected chi connectivity index (χ0v) is 13.2. The average molecular weight is 310 g/mol. The second-order valence-corrected chi connectivity index (χ2v) is 7.77. The molecule has 0 spiro atoms. The summed E-state index contributed by atoms with van der Waals surface area (Å²) in [6, 6.07) is 2.19. The molecule has 2 N–H and O–H groups in total. The van der Waals surface area contributed by atoms with Crippen LogP contribution in [0.25, 0.3) is 0 Å². The van der Waals surface area contributed by atoms with Crippen LogP contribution in [0.3, 0.4) is 0 Å². The minimum atomic E-state index is -3.10. The number of anilines is 1. The van der Waals surface area contributed by atoms with Gasteiger partial charge in [0.25, 0.3) is 0 Å². The first kappa shape index (κ1) is 14.7. The molecule has 0 saturated carbocycles. The van der Waals surface area contributed by atoms with Crippen LogP contribution in [-0.4, -0.2) is 50.1 Å². The van der Waals surface area contributed by atoms with Crippen molar-refractivity contribution in [1.82, 2.24) is 9.29 Å². The molecule has 21 heavy (non-hydrogen) atoms. The van der Waals surface area contributed by atoms with Gasteiger partial charge in [0.2, 0.25) is 10.0 Å². The summed E-state index contributed by atoms with van der Waals surface area (Å²) in [7, 11) is -3.10. The third-order valence-electron chi connectivity index (χ3n) is 4.33. The molecule has 1 aliphatic carbocycles. The molecule has 0 bridgehead atoms. The molecule has 0 atom stereocenters. The quantitative estimate of drug-likeness (QED) is 0.857. The molecule has 2 heterocycles. The number of hydrogen-bond donors (Lipinski definition) is 1. The first-order valence-corrected chi connectivity index (χ1v) is 9.25. The molecule has 1 aromatic rings. The lowest BCUT2D eigenvalue weighted by atomic mass is 10.1. The highest BCUT2D eigenvalue weighted by Crippen LogP contribution is 2.28. The highest BCUT2D eigenvalue weighted by atomic mass is 32.2. The van der Waals surface area contributed by atoms with Crippen molar-refractivity contribution in [3.8, 4) is 0 Å². The lowest BCUT2D eigenvalue weighted by molar-refractivity contribution is 0.386. The summed E-state index contributed by atoms with van der Waals surface area (Å²) in [5, 5.41) is 0. The Morgan fingerprint density at radius 2 is 1.95 bits per heavy atom. The van der Waals surface area contributed by atoms with Crippen LogP contribution in [0.5, 0.6) is 0 Å².